The van der Waals surface area contributed by atoms with E-state index < -0.39 is 17.5 Å². The molecule has 0 aliphatic heterocycles. The van der Waals surface area contributed by atoms with E-state index in [-0.39, 0.29) is 11.3 Å². The minimum atomic E-state index is -0.685. The van der Waals surface area contributed by atoms with E-state index in [1.54, 1.807) is 0 Å². The lowest BCUT2D eigenvalue weighted by Gasteiger charge is -1.99. The Morgan fingerprint density at radius 1 is 1.25 bits per heavy atom. The molecule has 5 heteroatoms. The van der Waals surface area contributed by atoms with Crippen molar-refractivity contribution in [2.45, 2.75) is 0 Å². The van der Waals surface area contributed by atoms with Crippen LogP contribution in [0.25, 0.3) is 11.1 Å². The Balaban J connectivity index is 2.46. The Bertz CT molecular complexity index is 549. The number of hydrogen-bond acceptors (Lipinski definition) is 1. The number of nitrogens with one attached hydrogen (secondary N) is 1. The summed E-state index contributed by atoms with van der Waals surface area (Å²) in [5.41, 5.74) is 5.89. The molecular formula is C11H8F2N2O. The first-order valence-electron chi connectivity index (χ1n) is 4.51. The maximum Gasteiger partial charge on any atom is 0.265 e. The summed E-state index contributed by atoms with van der Waals surface area (Å²) in [5, 5.41) is 0. The highest BCUT2D eigenvalue weighted by Crippen LogP contribution is 2.23. The highest BCUT2D eigenvalue weighted by molar-refractivity contribution is 5.92. The quantitative estimate of drug-likeness (QED) is 0.802. The Morgan fingerprint density at radius 2 is 2.00 bits per heavy atom. The normalized spacial score (nSPS) is 10.4. The predicted molar refractivity (Wildman–Crippen MR) is 54.7 cm³/mol. The average molecular weight is 222 g/mol. The molecule has 1 aromatic carbocycles. The highest BCUT2D eigenvalue weighted by Gasteiger charge is 2.10. The topological polar surface area (TPSA) is 58.9 Å². The second kappa shape index (κ2) is 3.77. The monoisotopic (exact) mass is 222 g/mol. The van der Waals surface area contributed by atoms with Crippen molar-refractivity contribution in [3.05, 3.63) is 47.8 Å². The molecule has 3 nitrogen and oxygen atoms in total. The Kier molecular flexibility index (Phi) is 2.44. The van der Waals surface area contributed by atoms with Crippen LogP contribution in [0.4, 0.5) is 8.78 Å². The van der Waals surface area contributed by atoms with Gasteiger partial charge in [-0.1, -0.05) is 0 Å². The lowest BCUT2D eigenvalue weighted by atomic mass is 10.1. The first kappa shape index (κ1) is 10.4. The van der Waals surface area contributed by atoms with Crippen molar-refractivity contribution < 1.29 is 13.6 Å². The van der Waals surface area contributed by atoms with E-state index in [9.17, 15) is 13.6 Å². The summed E-state index contributed by atoms with van der Waals surface area (Å²) in [6, 6.07) is 4.65. The fraction of sp³-hybridized carbons (Fsp3) is 0. The largest absolute Gasteiger partial charge is 0.364 e. The number of rotatable bonds is 2. The summed E-state index contributed by atoms with van der Waals surface area (Å²) in [6.07, 6.45) is 1.44. The molecule has 82 valence electrons. The summed E-state index contributed by atoms with van der Waals surface area (Å²) in [4.78, 5) is 13.4. The van der Waals surface area contributed by atoms with E-state index in [2.05, 4.69) is 4.98 Å². The maximum atomic E-state index is 13.4. The Morgan fingerprint density at radius 3 is 2.56 bits per heavy atom. The van der Waals surface area contributed by atoms with Gasteiger partial charge in [-0.25, -0.2) is 8.78 Å². The third-order valence-corrected chi connectivity index (χ3v) is 2.19. The van der Waals surface area contributed by atoms with E-state index >= 15 is 0 Å². The molecule has 0 saturated heterocycles. The fourth-order valence-electron chi connectivity index (χ4n) is 1.42. The molecule has 0 aliphatic carbocycles. The van der Waals surface area contributed by atoms with Crippen LogP contribution in [0, 0.1) is 11.6 Å². The Labute approximate surface area is 89.9 Å². The molecular weight excluding hydrogens is 214 g/mol. The molecule has 1 heterocycles. The summed E-state index contributed by atoms with van der Waals surface area (Å²) in [7, 11) is 0. The average Bonchev–Trinajstić information content (AvgIpc) is 2.66. The van der Waals surface area contributed by atoms with Crippen molar-refractivity contribution in [3.63, 3.8) is 0 Å². The second-order valence-electron chi connectivity index (χ2n) is 3.29. The summed E-state index contributed by atoms with van der Waals surface area (Å²) in [5.74, 6) is -1.96. The zero-order chi connectivity index (χ0) is 11.7. The van der Waals surface area contributed by atoms with Crippen LogP contribution in [-0.2, 0) is 0 Å². The molecule has 16 heavy (non-hydrogen) atoms. The van der Waals surface area contributed by atoms with Crippen molar-refractivity contribution in [3.8, 4) is 11.1 Å². The molecule has 0 bridgehead atoms. The summed E-state index contributed by atoms with van der Waals surface area (Å²) < 4.78 is 26.1. The van der Waals surface area contributed by atoms with Gasteiger partial charge in [0.15, 0.2) is 0 Å². The van der Waals surface area contributed by atoms with Gasteiger partial charge in [-0.15, -0.1) is 0 Å². The summed E-state index contributed by atoms with van der Waals surface area (Å²) in [6.45, 7) is 0. The predicted octanol–water partition coefficient (Wildman–Crippen LogP) is 2.06. The lowest BCUT2D eigenvalue weighted by molar-refractivity contribution is 0.0996. The van der Waals surface area contributed by atoms with Gasteiger partial charge in [0.1, 0.15) is 17.3 Å². The number of benzene rings is 1. The molecule has 0 radical (unpaired) electrons. The molecule has 0 aliphatic rings. The van der Waals surface area contributed by atoms with Crippen LogP contribution < -0.4 is 5.73 Å². The molecule has 1 aromatic heterocycles. The smallest absolute Gasteiger partial charge is 0.265 e. The van der Waals surface area contributed by atoms with Crippen molar-refractivity contribution in [2.75, 3.05) is 0 Å². The van der Waals surface area contributed by atoms with Crippen LogP contribution in [0.2, 0.25) is 0 Å². The van der Waals surface area contributed by atoms with Crippen LogP contribution in [0.5, 0.6) is 0 Å². The van der Waals surface area contributed by atoms with Crippen LogP contribution >= 0.6 is 0 Å². The molecule has 0 atom stereocenters. The van der Waals surface area contributed by atoms with Crippen LogP contribution in [0.3, 0.4) is 0 Å². The second-order valence-corrected chi connectivity index (χ2v) is 3.29. The third kappa shape index (κ3) is 1.79. The molecule has 0 spiro atoms. The van der Waals surface area contributed by atoms with Gasteiger partial charge in [-0.2, -0.15) is 0 Å². The molecule has 1 amide bonds. The number of carbonyl (C=O) groups excluding carboxylic acids is 1. The molecule has 0 fully saturated rings. The molecule has 3 N–H and O–H groups in total. The summed E-state index contributed by atoms with van der Waals surface area (Å²) >= 11 is 0. The van der Waals surface area contributed by atoms with Gasteiger partial charge in [0.2, 0.25) is 0 Å². The van der Waals surface area contributed by atoms with Crippen LogP contribution in [-0.4, -0.2) is 10.9 Å². The van der Waals surface area contributed by atoms with Crippen molar-refractivity contribution in [2.24, 2.45) is 5.73 Å². The molecule has 2 rings (SSSR count). The highest BCUT2D eigenvalue weighted by atomic mass is 19.1. The van der Waals surface area contributed by atoms with Gasteiger partial charge in [-0.3, -0.25) is 4.79 Å². The van der Waals surface area contributed by atoms with Gasteiger partial charge in [0, 0.05) is 23.4 Å². The standard InChI is InChI=1S/C11H8F2N2O/c12-7-1-2-8(9(13)4-7)6-3-10(11(14)16)15-5-6/h1-5,15H,(H2,14,16). The van der Waals surface area contributed by atoms with Gasteiger partial charge < -0.3 is 10.7 Å². The zero-order valence-corrected chi connectivity index (χ0v) is 8.13. The fourth-order valence-corrected chi connectivity index (χ4v) is 1.42. The number of aromatic amines is 1. The number of H-pyrrole nitrogens is 1. The zero-order valence-electron chi connectivity index (χ0n) is 8.13. The minimum absolute atomic E-state index is 0.179. The van der Waals surface area contributed by atoms with E-state index in [4.69, 9.17) is 5.73 Å². The maximum absolute atomic E-state index is 13.4. The van der Waals surface area contributed by atoms with Crippen molar-refractivity contribution >= 4 is 5.91 Å². The SMILES string of the molecule is NC(=O)c1cc(-c2ccc(F)cc2F)c[nH]1. The van der Waals surface area contributed by atoms with E-state index in [0.717, 1.165) is 12.1 Å². The Hall–Kier alpha value is -2.17. The van der Waals surface area contributed by atoms with Crippen LogP contribution in [0.15, 0.2) is 30.5 Å². The van der Waals surface area contributed by atoms with Gasteiger partial charge in [0.05, 0.1) is 0 Å². The van der Waals surface area contributed by atoms with E-state index in [1.807, 2.05) is 0 Å². The van der Waals surface area contributed by atoms with E-state index in [1.165, 1.54) is 18.3 Å². The van der Waals surface area contributed by atoms with Crippen molar-refractivity contribution in [1.82, 2.24) is 4.98 Å². The number of halogens is 2. The number of carbonyl (C=O) groups is 1. The van der Waals surface area contributed by atoms with Crippen LogP contribution in [0.1, 0.15) is 10.5 Å². The van der Waals surface area contributed by atoms with E-state index in [0.29, 0.717) is 5.56 Å². The number of hydrogen-bond donors (Lipinski definition) is 2. The molecule has 2 aromatic rings. The van der Waals surface area contributed by atoms with Gasteiger partial charge >= 0.3 is 0 Å². The van der Waals surface area contributed by atoms with Gasteiger partial charge in [0.25, 0.3) is 5.91 Å². The minimum Gasteiger partial charge on any atom is -0.364 e. The van der Waals surface area contributed by atoms with Crippen molar-refractivity contribution in [1.29, 1.82) is 0 Å². The van der Waals surface area contributed by atoms with Gasteiger partial charge in [-0.05, 0) is 18.2 Å². The lowest BCUT2D eigenvalue weighted by Crippen LogP contribution is -2.10. The number of amides is 1. The first-order valence-corrected chi connectivity index (χ1v) is 4.51. The number of nitrogens with two attached hydrogens (primary N) is 1. The number of aromatic nitrogens is 1. The molecule has 0 saturated carbocycles. The number of primary amides is 1. The third-order valence-electron chi connectivity index (χ3n) is 2.19. The molecule has 0 unspecified atom stereocenters. The first-order chi connectivity index (χ1) is 7.58.